The summed E-state index contributed by atoms with van der Waals surface area (Å²) in [4.78, 5) is -0.333. The second-order valence-corrected chi connectivity index (χ2v) is 10.4. The minimum atomic E-state index is -4.23. The van der Waals surface area contributed by atoms with E-state index in [4.69, 9.17) is 8.37 Å². The molecular formula is C20H26O10S2. The summed E-state index contributed by atoms with van der Waals surface area (Å²) in [5.41, 5.74) is 1.64. The second kappa shape index (κ2) is 10.8. The molecule has 2 aromatic rings. The highest BCUT2D eigenvalue weighted by atomic mass is 32.2. The summed E-state index contributed by atoms with van der Waals surface area (Å²) in [6.45, 7) is 1.70. The lowest BCUT2D eigenvalue weighted by Crippen LogP contribution is -2.48. The average molecular weight is 491 g/mol. The van der Waals surface area contributed by atoms with E-state index < -0.39 is 57.9 Å². The molecule has 178 valence electrons. The van der Waals surface area contributed by atoms with Crippen molar-refractivity contribution in [3.63, 3.8) is 0 Å². The molecule has 2 aromatic carbocycles. The van der Waals surface area contributed by atoms with Gasteiger partial charge in [-0.25, -0.2) is 0 Å². The molecule has 0 aliphatic carbocycles. The predicted octanol–water partition coefficient (Wildman–Crippen LogP) is -0.142. The molecule has 0 radical (unpaired) electrons. The molecule has 32 heavy (non-hydrogen) atoms. The molecule has 2 rings (SSSR count). The maximum atomic E-state index is 12.1. The molecule has 0 spiro atoms. The zero-order chi connectivity index (χ0) is 24.1. The van der Waals surface area contributed by atoms with Crippen molar-refractivity contribution in [2.24, 2.45) is 0 Å². The van der Waals surface area contributed by atoms with Gasteiger partial charge in [-0.1, -0.05) is 35.4 Å². The topological polar surface area (TPSA) is 168 Å². The van der Waals surface area contributed by atoms with Gasteiger partial charge in [-0.15, -0.1) is 0 Å². The molecule has 12 heteroatoms. The van der Waals surface area contributed by atoms with Gasteiger partial charge >= 0.3 is 0 Å². The first-order valence-corrected chi connectivity index (χ1v) is 12.3. The average Bonchev–Trinajstić information content (AvgIpc) is 2.75. The van der Waals surface area contributed by atoms with Gasteiger partial charge in [0.15, 0.2) is 0 Å². The van der Waals surface area contributed by atoms with E-state index in [9.17, 15) is 37.3 Å². The maximum absolute atomic E-state index is 12.1. The quantitative estimate of drug-likeness (QED) is 0.311. The third kappa shape index (κ3) is 7.05. The zero-order valence-electron chi connectivity index (χ0n) is 17.4. The standard InChI is InChI=1S/C20H26O10S2/c1-13-3-7-15(8-4-13)31(25,26)29-11-17(21)19(23)20(24)18(22)12-30-32(27,28)16-9-5-14(2)6-10-16/h3-10,17-24H,11-12H2,1-2H3/t17-,18+,19-,20-/m1/s1. The van der Waals surface area contributed by atoms with Gasteiger partial charge in [0.25, 0.3) is 20.2 Å². The first kappa shape index (κ1) is 26.4. The lowest BCUT2D eigenvalue weighted by molar-refractivity contribution is -0.118. The van der Waals surface area contributed by atoms with Crippen LogP contribution in [-0.4, -0.2) is 74.9 Å². The Morgan fingerprint density at radius 1 is 0.625 bits per heavy atom. The van der Waals surface area contributed by atoms with Crippen LogP contribution in [0.4, 0.5) is 0 Å². The summed E-state index contributed by atoms with van der Waals surface area (Å²) in [6, 6.07) is 11.4. The molecule has 4 N–H and O–H groups in total. The number of rotatable bonds is 11. The lowest BCUT2D eigenvalue weighted by atomic mass is 10.0. The minimum absolute atomic E-state index is 0.167. The highest BCUT2D eigenvalue weighted by Crippen LogP contribution is 2.17. The van der Waals surface area contributed by atoms with Gasteiger partial charge in [0, 0.05) is 0 Å². The van der Waals surface area contributed by atoms with Gasteiger partial charge in [0.1, 0.15) is 24.4 Å². The van der Waals surface area contributed by atoms with Crippen molar-refractivity contribution in [3.05, 3.63) is 59.7 Å². The minimum Gasteiger partial charge on any atom is -0.388 e. The van der Waals surface area contributed by atoms with Crippen LogP contribution in [0.25, 0.3) is 0 Å². The Morgan fingerprint density at radius 2 is 0.906 bits per heavy atom. The van der Waals surface area contributed by atoms with Crippen LogP contribution >= 0.6 is 0 Å². The molecule has 0 aliphatic rings. The van der Waals surface area contributed by atoms with Crippen LogP contribution in [0.5, 0.6) is 0 Å². The Labute approximate surface area is 186 Å². The molecule has 0 saturated carbocycles. The monoisotopic (exact) mass is 490 g/mol. The Bertz CT molecular complexity index is 991. The third-order valence-electron chi connectivity index (χ3n) is 4.55. The number of aliphatic hydroxyl groups is 4. The van der Waals surface area contributed by atoms with Gasteiger partial charge in [0.05, 0.1) is 23.0 Å². The van der Waals surface area contributed by atoms with Crippen molar-refractivity contribution in [3.8, 4) is 0 Å². The highest BCUT2D eigenvalue weighted by molar-refractivity contribution is 7.87. The van der Waals surface area contributed by atoms with Crippen LogP contribution in [0.3, 0.4) is 0 Å². The first-order chi connectivity index (χ1) is 14.8. The van der Waals surface area contributed by atoms with Crippen LogP contribution < -0.4 is 0 Å². The smallest absolute Gasteiger partial charge is 0.297 e. The van der Waals surface area contributed by atoms with Gasteiger partial charge in [0.2, 0.25) is 0 Å². The fraction of sp³-hybridized carbons (Fsp3) is 0.400. The fourth-order valence-corrected chi connectivity index (χ4v) is 4.37. The van der Waals surface area contributed by atoms with E-state index in [2.05, 4.69) is 0 Å². The van der Waals surface area contributed by atoms with E-state index in [0.717, 1.165) is 11.1 Å². The molecular weight excluding hydrogens is 464 g/mol. The SMILES string of the molecule is Cc1ccc(S(=O)(=O)OC[C@@H](O)[C@@H](O)[C@H](O)[C@@H](O)COS(=O)(=O)c2ccc(C)cc2)cc1. The van der Waals surface area contributed by atoms with Crippen molar-refractivity contribution >= 4 is 20.2 Å². The molecule has 0 aliphatic heterocycles. The number of aliphatic hydroxyl groups excluding tert-OH is 4. The lowest BCUT2D eigenvalue weighted by Gasteiger charge is -2.26. The van der Waals surface area contributed by atoms with Crippen LogP contribution in [-0.2, 0) is 28.6 Å². The summed E-state index contributed by atoms with van der Waals surface area (Å²) in [6.07, 6.45) is -7.92. The Morgan fingerprint density at radius 3 is 1.19 bits per heavy atom. The molecule has 0 aromatic heterocycles. The van der Waals surface area contributed by atoms with Crippen molar-refractivity contribution in [1.29, 1.82) is 0 Å². The first-order valence-electron chi connectivity index (χ1n) is 9.48. The Balaban J connectivity index is 1.91. The van der Waals surface area contributed by atoms with E-state index in [-0.39, 0.29) is 9.79 Å². The zero-order valence-corrected chi connectivity index (χ0v) is 19.0. The summed E-state index contributed by atoms with van der Waals surface area (Å²) >= 11 is 0. The molecule has 0 heterocycles. The number of benzene rings is 2. The summed E-state index contributed by atoms with van der Waals surface area (Å²) < 4.78 is 57.9. The Hall–Kier alpha value is -1.90. The van der Waals surface area contributed by atoms with Crippen molar-refractivity contribution in [1.82, 2.24) is 0 Å². The summed E-state index contributed by atoms with van der Waals surface area (Å²) in [7, 11) is -8.47. The van der Waals surface area contributed by atoms with E-state index in [1.165, 1.54) is 24.3 Å². The van der Waals surface area contributed by atoms with Gasteiger partial charge in [-0.05, 0) is 38.1 Å². The number of hydrogen-bond acceptors (Lipinski definition) is 10. The van der Waals surface area contributed by atoms with E-state index >= 15 is 0 Å². The van der Waals surface area contributed by atoms with Crippen molar-refractivity contribution < 1.29 is 45.6 Å². The number of hydrogen-bond donors (Lipinski definition) is 4. The van der Waals surface area contributed by atoms with E-state index in [1.54, 1.807) is 38.1 Å². The highest BCUT2D eigenvalue weighted by Gasteiger charge is 2.33. The van der Waals surface area contributed by atoms with Crippen LogP contribution in [0.2, 0.25) is 0 Å². The van der Waals surface area contributed by atoms with Crippen molar-refractivity contribution in [2.75, 3.05) is 13.2 Å². The van der Waals surface area contributed by atoms with E-state index in [0.29, 0.717) is 0 Å². The van der Waals surface area contributed by atoms with Crippen molar-refractivity contribution in [2.45, 2.75) is 48.1 Å². The van der Waals surface area contributed by atoms with Crippen LogP contribution in [0, 0.1) is 13.8 Å². The summed E-state index contributed by atoms with van der Waals surface area (Å²) in [5.74, 6) is 0. The largest absolute Gasteiger partial charge is 0.388 e. The fourth-order valence-electron chi connectivity index (χ4n) is 2.52. The molecule has 4 atom stereocenters. The second-order valence-electron chi connectivity index (χ2n) is 7.22. The molecule has 0 bridgehead atoms. The predicted molar refractivity (Wildman–Crippen MR) is 113 cm³/mol. The summed E-state index contributed by atoms with van der Waals surface area (Å²) in [5, 5.41) is 39.9. The van der Waals surface area contributed by atoms with Gasteiger partial charge in [-0.3, -0.25) is 8.37 Å². The molecule has 0 saturated heterocycles. The van der Waals surface area contributed by atoms with Gasteiger partial charge < -0.3 is 20.4 Å². The molecule has 0 fully saturated rings. The third-order valence-corrected chi connectivity index (χ3v) is 7.14. The number of aryl methyl sites for hydroxylation is 2. The Kier molecular flexibility index (Phi) is 8.90. The normalized spacial score (nSPS) is 16.3. The van der Waals surface area contributed by atoms with Crippen LogP contribution in [0.1, 0.15) is 11.1 Å². The maximum Gasteiger partial charge on any atom is 0.297 e. The molecule has 10 nitrogen and oxygen atoms in total. The molecule has 0 amide bonds. The van der Waals surface area contributed by atoms with E-state index in [1.807, 2.05) is 0 Å². The van der Waals surface area contributed by atoms with Gasteiger partial charge in [-0.2, -0.15) is 16.8 Å². The molecule has 0 unspecified atom stereocenters. The van der Waals surface area contributed by atoms with Crippen LogP contribution in [0.15, 0.2) is 58.3 Å².